The molecule has 0 fully saturated rings. The maximum atomic E-state index is 12.5. The Morgan fingerprint density at radius 1 is 0.912 bits per heavy atom. The molecule has 1 atom stereocenters. The summed E-state index contributed by atoms with van der Waals surface area (Å²) in [4.78, 5) is 24.6. The van der Waals surface area contributed by atoms with E-state index < -0.39 is 17.9 Å². The van der Waals surface area contributed by atoms with Gasteiger partial charge >= 0.3 is 5.97 Å². The number of benzene rings is 3. The van der Waals surface area contributed by atoms with Gasteiger partial charge in [0, 0.05) is 47.2 Å². The van der Waals surface area contributed by atoms with Crippen molar-refractivity contribution in [2.45, 2.75) is 19.4 Å². The van der Waals surface area contributed by atoms with E-state index in [0.717, 1.165) is 11.1 Å². The van der Waals surface area contributed by atoms with Gasteiger partial charge in [-0.2, -0.15) is 0 Å². The van der Waals surface area contributed by atoms with Crippen LogP contribution in [0.4, 0.5) is 5.69 Å². The molecule has 1 amide bonds. The van der Waals surface area contributed by atoms with Gasteiger partial charge < -0.3 is 15.7 Å². The molecule has 0 aromatic heterocycles. The molecule has 0 heterocycles. The molecule has 5 nitrogen and oxygen atoms in total. The van der Waals surface area contributed by atoms with E-state index in [0.29, 0.717) is 16.3 Å². The molecule has 3 N–H and O–H groups in total. The van der Waals surface area contributed by atoms with Crippen LogP contribution in [0, 0.1) is 6.92 Å². The number of aliphatic carboxylic acids is 1. The van der Waals surface area contributed by atoms with E-state index >= 15 is 0 Å². The molecule has 0 saturated heterocycles. The second-order valence-corrected chi connectivity index (χ2v) is 8.88. The van der Waals surface area contributed by atoms with Gasteiger partial charge in [-0.15, -0.1) is 0 Å². The van der Waals surface area contributed by atoms with E-state index in [1.807, 2.05) is 13.0 Å². The van der Waals surface area contributed by atoms with E-state index in [1.165, 1.54) is 0 Å². The van der Waals surface area contributed by atoms with Crippen LogP contribution in [-0.4, -0.2) is 57.6 Å². The second kappa shape index (κ2) is 12.9. The van der Waals surface area contributed by atoms with E-state index in [1.54, 1.807) is 54.6 Å². The number of nitrogens with one attached hydrogen (secondary N) is 2. The molecular weight excluding hydrogens is 526 g/mol. The van der Waals surface area contributed by atoms with Crippen LogP contribution in [0.25, 0.3) is 0 Å². The minimum Gasteiger partial charge on any atom is -0.480 e. The largest absolute Gasteiger partial charge is 0.480 e. The number of carboxylic acid groups (broad SMARTS) is 1. The van der Waals surface area contributed by atoms with Gasteiger partial charge in [-0.25, -0.2) is 4.79 Å². The summed E-state index contributed by atoms with van der Waals surface area (Å²) < 4.78 is 0. The minimum atomic E-state index is -1.05. The average Bonchev–Trinajstić information content (AvgIpc) is 2.74. The molecule has 0 aliphatic heterocycles. The molecule has 171 valence electrons. The summed E-state index contributed by atoms with van der Waals surface area (Å²) in [5.74, 6) is -1.49. The molecule has 3 aromatic carbocycles. The van der Waals surface area contributed by atoms with Crippen LogP contribution in [0.3, 0.4) is 0 Å². The number of thiocarbonyl (C=S) groups is 1. The predicted octanol–water partition coefficient (Wildman–Crippen LogP) is 5.79. The van der Waals surface area contributed by atoms with Crippen LogP contribution in [-0.2, 0) is 11.2 Å². The number of carbonyl (C=O) groups excluding carboxylic acids is 1. The first-order valence-corrected chi connectivity index (χ1v) is 11.3. The Hall–Kier alpha value is -1.64. The van der Waals surface area contributed by atoms with Crippen molar-refractivity contribution in [3.8, 4) is 0 Å². The van der Waals surface area contributed by atoms with E-state index in [4.69, 9.17) is 47.0 Å². The summed E-state index contributed by atoms with van der Waals surface area (Å²) in [5, 5.41) is 16.3. The summed E-state index contributed by atoms with van der Waals surface area (Å²) >= 11 is 23.8. The van der Waals surface area contributed by atoms with E-state index in [9.17, 15) is 14.7 Å². The fourth-order valence-corrected chi connectivity index (χ4v) is 4.57. The van der Waals surface area contributed by atoms with Crippen LogP contribution in [0.1, 0.15) is 27.0 Å². The molecule has 0 aliphatic carbocycles. The number of anilines is 1. The molecule has 3 aromatic rings. The van der Waals surface area contributed by atoms with Gasteiger partial charge in [0.05, 0.1) is 20.6 Å². The van der Waals surface area contributed by atoms with Crippen molar-refractivity contribution in [3.63, 3.8) is 0 Å². The van der Waals surface area contributed by atoms with Crippen molar-refractivity contribution >= 4 is 99.1 Å². The molecule has 34 heavy (non-hydrogen) atoms. The fourth-order valence-electron chi connectivity index (χ4n) is 3.22. The van der Waals surface area contributed by atoms with Crippen molar-refractivity contribution in [1.82, 2.24) is 5.32 Å². The van der Waals surface area contributed by atoms with Gasteiger partial charge in [-0.3, -0.25) is 4.79 Å². The maximum absolute atomic E-state index is 12.5. The topological polar surface area (TPSA) is 78.4 Å². The smallest absolute Gasteiger partial charge is 0.326 e. The first-order chi connectivity index (χ1) is 15.7. The number of rotatable bonds is 7. The SMILES string of the molecule is Cc1cccc(Cl)c1C(=S)N[C@@H](Cc1ccc(NC(=O)c2c(Cl)cccc2Cl)cc1)C(=O)O.[Na]. The average molecular weight is 545 g/mol. The zero-order valence-electron chi connectivity index (χ0n) is 18.4. The fraction of sp³-hybridized carbons (Fsp3) is 0.125. The molecule has 0 spiro atoms. The number of carboxylic acids is 1. The van der Waals surface area contributed by atoms with Crippen LogP contribution in [0.5, 0.6) is 0 Å². The molecule has 0 saturated carbocycles. The standard InChI is InChI=1S/C24H19Cl3N2O3S.Na/c1-13-4-2-5-16(25)20(13)23(33)29-19(24(31)32)12-14-8-10-15(11-9-14)28-22(30)21-17(26)6-3-7-18(21)27;/h2-11,19H,12H2,1H3,(H,28,30)(H,29,33)(H,31,32);/t19-;/m0./s1. The number of amides is 1. The van der Waals surface area contributed by atoms with E-state index in [2.05, 4.69) is 10.6 Å². The molecule has 0 aliphatic rings. The van der Waals surface area contributed by atoms with E-state index in [-0.39, 0.29) is 56.6 Å². The minimum absolute atomic E-state index is 0. The third-order valence-corrected chi connectivity index (χ3v) is 6.16. The molecule has 1 radical (unpaired) electrons. The summed E-state index contributed by atoms with van der Waals surface area (Å²) in [6.07, 6.45) is 0.170. The van der Waals surface area contributed by atoms with Crippen molar-refractivity contribution in [2.24, 2.45) is 0 Å². The zero-order valence-corrected chi connectivity index (χ0v) is 23.4. The van der Waals surface area contributed by atoms with Crippen molar-refractivity contribution in [1.29, 1.82) is 0 Å². The Morgan fingerprint density at radius 2 is 1.44 bits per heavy atom. The molecule has 0 bridgehead atoms. The van der Waals surface area contributed by atoms with Crippen LogP contribution < -0.4 is 10.6 Å². The summed E-state index contributed by atoms with van der Waals surface area (Å²) in [6.45, 7) is 1.85. The van der Waals surface area contributed by atoms with Gasteiger partial charge in [-0.05, 0) is 48.4 Å². The maximum Gasteiger partial charge on any atom is 0.326 e. The first-order valence-electron chi connectivity index (χ1n) is 9.80. The summed E-state index contributed by atoms with van der Waals surface area (Å²) in [6, 6.07) is 16.0. The second-order valence-electron chi connectivity index (χ2n) is 7.25. The zero-order chi connectivity index (χ0) is 24.1. The van der Waals surface area contributed by atoms with Crippen molar-refractivity contribution in [3.05, 3.63) is 98.0 Å². The molecule has 0 unspecified atom stereocenters. The summed E-state index contributed by atoms with van der Waals surface area (Å²) in [5.41, 5.74) is 2.90. The van der Waals surface area contributed by atoms with Crippen molar-refractivity contribution in [2.75, 3.05) is 5.32 Å². The molecular formula is C24H19Cl3N2NaO3S. The third kappa shape index (κ3) is 7.18. The predicted molar refractivity (Wildman–Crippen MR) is 143 cm³/mol. The normalized spacial score (nSPS) is 11.2. The first kappa shape index (κ1) is 28.6. The Kier molecular flexibility index (Phi) is 10.8. The Labute approximate surface area is 240 Å². The number of hydrogen-bond donors (Lipinski definition) is 3. The van der Waals surface area contributed by atoms with Crippen molar-refractivity contribution < 1.29 is 14.7 Å². The Bertz CT molecular complexity index is 1180. The quantitative estimate of drug-likeness (QED) is 0.259. The number of hydrogen-bond acceptors (Lipinski definition) is 3. The monoisotopic (exact) mass is 543 g/mol. The van der Waals surface area contributed by atoms with Gasteiger partial charge in [0.15, 0.2) is 0 Å². The van der Waals surface area contributed by atoms with Gasteiger partial charge in [-0.1, -0.05) is 77.4 Å². The Morgan fingerprint density at radius 3 is 1.97 bits per heavy atom. The number of aryl methyl sites for hydroxylation is 1. The summed E-state index contributed by atoms with van der Waals surface area (Å²) in [7, 11) is 0. The Balaban J connectivity index is 0.00000408. The number of halogens is 3. The van der Waals surface area contributed by atoms with Crippen LogP contribution in [0.15, 0.2) is 60.7 Å². The van der Waals surface area contributed by atoms with Gasteiger partial charge in [0.1, 0.15) is 11.0 Å². The van der Waals surface area contributed by atoms with Gasteiger partial charge in [0.25, 0.3) is 5.91 Å². The van der Waals surface area contributed by atoms with Crippen LogP contribution >= 0.6 is 47.0 Å². The third-order valence-electron chi connectivity index (χ3n) is 4.89. The number of carbonyl (C=O) groups is 2. The van der Waals surface area contributed by atoms with Crippen LogP contribution in [0.2, 0.25) is 15.1 Å². The van der Waals surface area contributed by atoms with Gasteiger partial charge in [0.2, 0.25) is 0 Å². The molecule has 10 heteroatoms. The molecule has 3 rings (SSSR count).